The van der Waals surface area contributed by atoms with Crippen LogP contribution in [0.4, 0.5) is 5.69 Å². The van der Waals surface area contributed by atoms with Crippen molar-refractivity contribution < 1.29 is 4.74 Å². The summed E-state index contributed by atoms with van der Waals surface area (Å²) in [5.41, 5.74) is 2.15. The average Bonchev–Trinajstić information content (AvgIpc) is 2.75. The van der Waals surface area contributed by atoms with Gasteiger partial charge in [-0.1, -0.05) is 6.07 Å². The van der Waals surface area contributed by atoms with Gasteiger partial charge in [-0.05, 0) is 26.0 Å². The van der Waals surface area contributed by atoms with E-state index in [0.29, 0.717) is 12.6 Å². The van der Waals surface area contributed by atoms with Gasteiger partial charge in [0.2, 0.25) is 0 Å². The van der Waals surface area contributed by atoms with Crippen LogP contribution < -0.4 is 5.32 Å². The molecule has 4 nitrogen and oxygen atoms in total. The van der Waals surface area contributed by atoms with Crippen molar-refractivity contribution >= 4 is 16.6 Å². The Morgan fingerprint density at radius 3 is 3.19 bits per heavy atom. The molecular weight excluding hydrogens is 202 g/mol. The number of aromatic amines is 1. The molecule has 1 aromatic carbocycles. The van der Waals surface area contributed by atoms with E-state index in [1.54, 1.807) is 0 Å². The van der Waals surface area contributed by atoms with Crippen molar-refractivity contribution in [3.63, 3.8) is 0 Å². The standard InChI is InChI=1S/C12H17N3O/c1-3-16-8-9(2)14-11-5-4-6-12-10(11)7-13-15-12/h4-7,9,14H,3,8H2,1-2H3,(H,13,15). The number of ether oxygens (including phenoxy) is 1. The fourth-order valence-corrected chi connectivity index (χ4v) is 1.70. The molecular formula is C12H17N3O. The highest BCUT2D eigenvalue weighted by Crippen LogP contribution is 2.21. The minimum Gasteiger partial charge on any atom is -0.380 e. The van der Waals surface area contributed by atoms with Gasteiger partial charge in [-0.15, -0.1) is 0 Å². The van der Waals surface area contributed by atoms with Crippen LogP contribution in [0.3, 0.4) is 0 Å². The zero-order valence-corrected chi connectivity index (χ0v) is 9.66. The molecule has 2 N–H and O–H groups in total. The van der Waals surface area contributed by atoms with Crippen LogP contribution in [0, 0.1) is 0 Å². The van der Waals surface area contributed by atoms with E-state index < -0.39 is 0 Å². The first-order valence-electron chi connectivity index (χ1n) is 5.57. The smallest absolute Gasteiger partial charge is 0.0671 e. The van der Waals surface area contributed by atoms with Gasteiger partial charge in [0.15, 0.2) is 0 Å². The van der Waals surface area contributed by atoms with E-state index in [0.717, 1.165) is 23.2 Å². The zero-order chi connectivity index (χ0) is 11.4. The van der Waals surface area contributed by atoms with Crippen molar-refractivity contribution in [2.75, 3.05) is 18.5 Å². The first-order chi connectivity index (χ1) is 7.81. The van der Waals surface area contributed by atoms with Gasteiger partial charge in [0.1, 0.15) is 0 Å². The normalized spacial score (nSPS) is 12.9. The summed E-state index contributed by atoms with van der Waals surface area (Å²) in [6, 6.07) is 6.37. The highest BCUT2D eigenvalue weighted by atomic mass is 16.5. The van der Waals surface area contributed by atoms with Crippen LogP contribution in [0.25, 0.3) is 10.9 Å². The first-order valence-corrected chi connectivity index (χ1v) is 5.57. The van der Waals surface area contributed by atoms with Crippen molar-refractivity contribution in [1.82, 2.24) is 10.2 Å². The Bertz CT molecular complexity index is 452. The lowest BCUT2D eigenvalue weighted by Gasteiger charge is -2.15. The Labute approximate surface area is 95.0 Å². The van der Waals surface area contributed by atoms with Gasteiger partial charge in [-0.25, -0.2) is 0 Å². The summed E-state index contributed by atoms with van der Waals surface area (Å²) in [6.07, 6.45) is 1.84. The van der Waals surface area contributed by atoms with Crippen LogP contribution in [0.2, 0.25) is 0 Å². The second-order valence-corrected chi connectivity index (χ2v) is 3.84. The molecule has 0 aliphatic rings. The predicted molar refractivity (Wildman–Crippen MR) is 65.7 cm³/mol. The number of hydrogen-bond acceptors (Lipinski definition) is 3. The molecule has 2 rings (SSSR count). The summed E-state index contributed by atoms with van der Waals surface area (Å²) in [5.74, 6) is 0. The molecule has 0 bridgehead atoms. The van der Waals surface area contributed by atoms with Gasteiger partial charge in [-0.3, -0.25) is 5.10 Å². The van der Waals surface area contributed by atoms with Gasteiger partial charge in [0, 0.05) is 23.7 Å². The fraction of sp³-hybridized carbons (Fsp3) is 0.417. The summed E-state index contributed by atoms with van der Waals surface area (Å²) in [7, 11) is 0. The van der Waals surface area contributed by atoms with Crippen molar-refractivity contribution in [2.24, 2.45) is 0 Å². The lowest BCUT2D eigenvalue weighted by Crippen LogP contribution is -2.21. The zero-order valence-electron chi connectivity index (χ0n) is 9.66. The van der Waals surface area contributed by atoms with Crippen molar-refractivity contribution in [1.29, 1.82) is 0 Å². The second kappa shape index (κ2) is 4.99. The Kier molecular flexibility index (Phi) is 3.41. The average molecular weight is 219 g/mol. The summed E-state index contributed by atoms with van der Waals surface area (Å²) >= 11 is 0. The number of nitrogens with zero attached hydrogens (tertiary/aromatic N) is 1. The minimum absolute atomic E-state index is 0.292. The van der Waals surface area contributed by atoms with Gasteiger partial charge in [0.05, 0.1) is 18.3 Å². The van der Waals surface area contributed by atoms with Gasteiger partial charge >= 0.3 is 0 Å². The molecule has 0 radical (unpaired) electrons. The molecule has 16 heavy (non-hydrogen) atoms. The van der Waals surface area contributed by atoms with Crippen LogP contribution in [0.5, 0.6) is 0 Å². The number of anilines is 1. The molecule has 0 saturated heterocycles. The molecule has 0 spiro atoms. The van der Waals surface area contributed by atoms with E-state index in [4.69, 9.17) is 4.74 Å². The maximum Gasteiger partial charge on any atom is 0.0671 e. The quantitative estimate of drug-likeness (QED) is 0.811. The number of H-pyrrole nitrogens is 1. The summed E-state index contributed by atoms with van der Waals surface area (Å²) in [4.78, 5) is 0. The van der Waals surface area contributed by atoms with Crippen LogP contribution in [0.1, 0.15) is 13.8 Å². The lowest BCUT2D eigenvalue weighted by atomic mass is 10.2. The Morgan fingerprint density at radius 1 is 1.50 bits per heavy atom. The van der Waals surface area contributed by atoms with Crippen molar-refractivity contribution in [2.45, 2.75) is 19.9 Å². The maximum absolute atomic E-state index is 5.38. The molecule has 4 heteroatoms. The van der Waals surface area contributed by atoms with E-state index in [1.807, 2.05) is 25.3 Å². The van der Waals surface area contributed by atoms with E-state index in [-0.39, 0.29) is 0 Å². The third-order valence-electron chi connectivity index (χ3n) is 2.46. The fourth-order valence-electron chi connectivity index (χ4n) is 1.70. The van der Waals surface area contributed by atoms with E-state index in [1.165, 1.54) is 0 Å². The van der Waals surface area contributed by atoms with E-state index in [9.17, 15) is 0 Å². The van der Waals surface area contributed by atoms with Crippen LogP contribution in [-0.2, 0) is 4.74 Å². The van der Waals surface area contributed by atoms with Gasteiger partial charge < -0.3 is 10.1 Å². The predicted octanol–water partition coefficient (Wildman–Crippen LogP) is 2.40. The molecule has 0 aliphatic heterocycles. The van der Waals surface area contributed by atoms with Crippen molar-refractivity contribution in [3.8, 4) is 0 Å². The molecule has 0 saturated carbocycles. The molecule has 1 heterocycles. The third-order valence-corrected chi connectivity index (χ3v) is 2.46. The van der Waals surface area contributed by atoms with Crippen molar-refractivity contribution in [3.05, 3.63) is 24.4 Å². The topological polar surface area (TPSA) is 49.9 Å². The Hall–Kier alpha value is -1.55. The van der Waals surface area contributed by atoms with E-state index in [2.05, 4.69) is 28.5 Å². The van der Waals surface area contributed by atoms with Crippen LogP contribution >= 0.6 is 0 Å². The highest BCUT2D eigenvalue weighted by Gasteiger charge is 2.05. The molecule has 0 aliphatic carbocycles. The summed E-state index contributed by atoms with van der Waals surface area (Å²) in [6.45, 7) is 5.57. The Morgan fingerprint density at radius 2 is 2.38 bits per heavy atom. The molecule has 0 fully saturated rings. The van der Waals surface area contributed by atoms with Crippen LogP contribution in [0.15, 0.2) is 24.4 Å². The molecule has 1 atom stereocenters. The number of nitrogens with one attached hydrogen (secondary N) is 2. The number of hydrogen-bond donors (Lipinski definition) is 2. The second-order valence-electron chi connectivity index (χ2n) is 3.84. The van der Waals surface area contributed by atoms with Crippen LogP contribution in [-0.4, -0.2) is 29.5 Å². The van der Waals surface area contributed by atoms with Gasteiger partial charge in [-0.2, -0.15) is 5.10 Å². The van der Waals surface area contributed by atoms with Gasteiger partial charge in [0.25, 0.3) is 0 Å². The number of aromatic nitrogens is 2. The number of benzene rings is 1. The Balaban J connectivity index is 2.11. The highest BCUT2D eigenvalue weighted by molar-refractivity contribution is 5.90. The molecule has 86 valence electrons. The molecule has 1 unspecified atom stereocenters. The first kappa shape index (κ1) is 11.0. The maximum atomic E-state index is 5.38. The number of fused-ring (bicyclic) bond motifs is 1. The monoisotopic (exact) mass is 219 g/mol. The molecule has 1 aromatic heterocycles. The third kappa shape index (κ3) is 2.33. The van der Waals surface area contributed by atoms with E-state index >= 15 is 0 Å². The summed E-state index contributed by atoms with van der Waals surface area (Å²) < 4.78 is 5.38. The molecule has 2 aromatic rings. The number of rotatable bonds is 5. The summed E-state index contributed by atoms with van der Waals surface area (Å²) in [5, 5.41) is 11.5. The SMILES string of the molecule is CCOCC(C)Nc1cccc2[nH]ncc12. The lowest BCUT2D eigenvalue weighted by molar-refractivity contribution is 0.141. The molecule has 0 amide bonds. The largest absolute Gasteiger partial charge is 0.380 e. The minimum atomic E-state index is 0.292.